The molecule has 1 aliphatic heterocycles. The Kier molecular flexibility index (Phi) is 7.19. The molecular weight excluding hydrogens is 483 g/mol. The van der Waals surface area contributed by atoms with Crippen LogP contribution in [0.4, 0.5) is 10.1 Å². The summed E-state index contributed by atoms with van der Waals surface area (Å²) in [7, 11) is 0. The van der Waals surface area contributed by atoms with E-state index in [1.54, 1.807) is 29.2 Å². The highest BCUT2D eigenvalue weighted by Gasteiger charge is 2.29. The molecule has 0 aromatic heterocycles. The molecule has 0 saturated carbocycles. The highest BCUT2D eigenvalue weighted by molar-refractivity contribution is 8.04. The summed E-state index contributed by atoms with van der Waals surface area (Å²) < 4.78 is 13.4. The molecule has 1 N–H and O–H groups in total. The van der Waals surface area contributed by atoms with E-state index in [0.29, 0.717) is 17.0 Å². The molecular formula is C31H25FN2O2S. The lowest BCUT2D eigenvalue weighted by Gasteiger charge is -2.30. The first kappa shape index (κ1) is 24.5. The molecule has 0 aliphatic carbocycles. The lowest BCUT2D eigenvalue weighted by molar-refractivity contribution is -0.114. The highest BCUT2D eigenvalue weighted by atomic mass is 32.2. The fourth-order valence-corrected chi connectivity index (χ4v) is 5.24. The number of carbonyl (C=O) groups excluding carboxylic acids is 2. The average Bonchev–Trinajstić information content (AvgIpc) is 2.93. The molecule has 1 atom stereocenters. The number of nitrogens with one attached hydrogen (secondary N) is 1. The largest absolute Gasteiger partial charge is 0.346 e. The second-order valence-corrected chi connectivity index (χ2v) is 9.91. The average molecular weight is 509 g/mol. The molecule has 0 radical (unpaired) electrons. The lowest BCUT2D eigenvalue weighted by atomic mass is 10.1. The van der Waals surface area contributed by atoms with Gasteiger partial charge < -0.3 is 10.2 Å². The fraction of sp³-hybridized carbons (Fsp3) is 0.0968. The molecule has 184 valence electrons. The quantitative estimate of drug-likeness (QED) is 0.285. The smallest absolute Gasteiger partial charge is 0.265 e. The Labute approximate surface area is 219 Å². The van der Waals surface area contributed by atoms with E-state index >= 15 is 0 Å². The van der Waals surface area contributed by atoms with Gasteiger partial charge in [-0.1, -0.05) is 78.5 Å². The van der Waals surface area contributed by atoms with Crippen LogP contribution in [0.1, 0.15) is 40.0 Å². The number of hydrogen-bond acceptors (Lipinski definition) is 3. The number of para-hydroxylation sites is 1. The van der Waals surface area contributed by atoms with Crippen LogP contribution < -0.4 is 10.2 Å². The van der Waals surface area contributed by atoms with Gasteiger partial charge in [-0.3, -0.25) is 9.59 Å². The van der Waals surface area contributed by atoms with Gasteiger partial charge in [-0.05, 0) is 66.1 Å². The molecule has 1 aliphatic rings. The van der Waals surface area contributed by atoms with Gasteiger partial charge in [0.05, 0.1) is 23.2 Å². The van der Waals surface area contributed by atoms with Crippen LogP contribution in [0, 0.1) is 5.82 Å². The van der Waals surface area contributed by atoms with E-state index in [9.17, 15) is 14.0 Å². The van der Waals surface area contributed by atoms with Gasteiger partial charge in [0, 0.05) is 10.5 Å². The number of hydrogen-bond donors (Lipinski definition) is 1. The first-order valence-electron chi connectivity index (χ1n) is 12.0. The molecule has 0 spiro atoms. The Bertz CT molecular complexity index is 1450. The van der Waals surface area contributed by atoms with Crippen molar-refractivity contribution < 1.29 is 14.0 Å². The highest BCUT2D eigenvalue weighted by Crippen LogP contribution is 2.42. The van der Waals surface area contributed by atoms with E-state index in [1.165, 1.54) is 23.9 Å². The molecule has 0 fully saturated rings. The SMILES string of the molecule is C[C@H](NC(=O)c1ccc(/C=C2\Sc3ccccc3N(Cc3ccc(F)cc3)C2=O)cc1)c1ccccc1. The summed E-state index contributed by atoms with van der Waals surface area (Å²) in [6, 6.07) is 30.9. The van der Waals surface area contributed by atoms with Gasteiger partial charge >= 0.3 is 0 Å². The number of fused-ring (bicyclic) bond motifs is 1. The van der Waals surface area contributed by atoms with Crippen LogP contribution in [-0.4, -0.2) is 11.8 Å². The molecule has 0 unspecified atom stereocenters. The van der Waals surface area contributed by atoms with Crippen molar-refractivity contribution in [1.29, 1.82) is 0 Å². The number of amides is 2. The van der Waals surface area contributed by atoms with Crippen LogP contribution in [-0.2, 0) is 11.3 Å². The van der Waals surface area contributed by atoms with Crippen molar-refractivity contribution in [2.75, 3.05) is 4.90 Å². The van der Waals surface area contributed by atoms with Gasteiger partial charge in [0.2, 0.25) is 0 Å². The summed E-state index contributed by atoms with van der Waals surface area (Å²) in [5.41, 5.74) is 4.09. The minimum atomic E-state index is -0.308. The number of nitrogens with zero attached hydrogens (tertiary/aromatic N) is 1. The Hall–Kier alpha value is -4.16. The first-order chi connectivity index (χ1) is 18.0. The third kappa shape index (κ3) is 5.65. The summed E-state index contributed by atoms with van der Waals surface area (Å²) in [4.78, 5) is 29.5. The first-order valence-corrected chi connectivity index (χ1v) is 12.8. The van der Waals surface area contributed by atoms with Gasteiger partial charge in [0.25, 0.3) is 11.8 Å². The van der Waals surface area contributed by atoms with Gasteiger partial charge in [0.15, 0.2) is 0 Å². The van der Waals surface area contributed by atoms with E-state index in [1.807, 2.05) is 79.7 Å². The second kappa shape index (κ2) is 10.8. The van der Waals surface area contributed by atoms with Crippen LogP contribution in [0.15, 0.2) is 113 Å². The van der Waals surface area contributed by atoms with E-state index in [2.05, 4.69) is 5.32 Å². The number of anilines is 1. The van der Waals surface area contributed by atoms with Crippen LogP contribution in [0.25, 0.3) is 6.08 Å². The lowest BCUT2D eigenvalue weighted by Crippen LogP contribution is -2.33. The van der Waals surface area contributed by atoms with Crippen LogP contribution in [0.5, 0.6) is 0 Å². The van der Waals surface area contributed by atoms with Crippen molar-refractivity contribution in [1.82, 2.24) is 5.32 Å². The Morgan fingerprint density at radius 2 is 1.59 bits per heavy atom. The fourth-order valence-electron chi connectivity index (χ4n) is 4.18. The zero-order valence-corrected chi connectivity index (χ0v) is 21.0. The number of rotatable bonds is 6. The second-order valence-electron chi connectivity index (χ2n) is 8.82. The van der Waals surface area contributed by atoms with Crippen molar-refractivity contribution in [3.63, 3.8) is 0 Å². The van der Waals surface area contributed by atoms with Crippen molar-refractivity contribution in [2.24, 2.45) is 0 Å². The van der Waals surface area contributed by atoms with Gasteiger partial charge in [-0.2, -0.15) is 0 Å². The normalized spacial score (nSPS) is 14.8. The number of carbonyl (C=O) groups is 2. The minimum Gasteiger partial charge on any atom is -0.346 e. The molecule has 37 heavy (non-hydrogen) atoms. The molecule has 0 bridgehead atoms. The molecule has 4 aromatic rings. The third-order valence-corrected chi connectivity index (χ3v) is 7.28. The van der Waals surface area contributed by atoms with Gasteiger partial charge in [-0.15, -0.1) is 0 Å². The molecule has 4 nitrogen and oxygen atoms in total. The van der Waals surface area contributed by atoms with Gasteiger partial charge in [-0.25, -0.2) is 4.39 Å². The monoisotopic (exact) mass is 508 g/mol. The minimum absolute atomic E-state index is 0.112. The van der Waals surface area contributed by atoms with E-state index in [4.69, 9.17) is 0 Å². The Morgan fingerprint density at radius 3 is 2.32 bits per heavy atom. The zero-order chi connectivity index (χ0) is 25.8. The summed E-state index contributed by atoms with van der Waals surface area (Å²) >= 11 is 1.42. The zero-order valence-electron chi connectivity index (χ0n) is 20.2. The topological polar surface area (TPSA) is 49.4 Å². The molecule has 1 heterocycles. The van der Waals surface area contributed by atoms with Crippen LogP contribution in [0.3, 0.4) is 0 Å². The summed E-state index contributed by atoms with van der Waals surface area (Å²) in [6.45, 7) is 2.29. The van der Waals surface area contributed by atoms with E-state index < -0.39 is 0 Å². The number of halogens is 1. The third-order valence-electron chi connectivity index (χ3n) is 6.20. The maximum Gasteiger partial charge on any atom is 0.265 e. The number of thioether (sulfide) groups is 1. The van der Waals surface area contributed by atoms with E-state index in [0.717, 1.165) is 27.3 Å². The maximum atomic E-state index is 13.5. The Balaban J connectivity index is 1.35. The van der Waals surface area contributed by atoms with Crippen LogP contribution in [0.2, 0.25) is 0 Å². The predicted molar refractivity (Wildman–Crippen MR) is 147 cm³/mol. The molecule has 5 rings (SSSR count). The molecule has 6 heteroatoms. The summed E-state index contributed by atoms with van der Waals surface area (Å²) in [5, 5.41) is 3.02. The van der Waals surface area contributed by atoms with Crippen molar-refractivity contribution >= 4 is 35.3 Å². The summed E-state index contributed by atoms with van der Waals surface area (Å²) in [5.74, 6) is -0.582. The van der Waals surface area contributed by atoms with E-state index in [-0.39, 0.29) is 23.7 Å². The molecule has 0 saturated heterocycles. The molecule has 4 aromatic carbocycles. The predicted octanol–water partition coefficient (Wildman–Crippen LogP) is 7.00. The van der Waals surface area contributed by atoms with Crippen molar-refractivity contribution in [3.8, 4) is 0 Å². The van der Waals surface area contributed by atoms with Crippen molar-refractivity contribution in [2.45, 2.75) is 24.4 Å². The van der Waals surface area contributed by atoms with Gasteiger partial charge in [0.1, 0.15) is 5.82 Å². The van der Waals surface area contributed by atoms with Crippen molar-refractivity contribution in [3.05, 3.63) is 136 Å². The Morgan fingerprint density at radius 1 is 0.919 bits per heavy atom. The maximum absolute atomic E-state index is 13.5. The molecule has 2 amide bonds. The number of benzene rings is 4. The summed E-state index contributed by atoms with van der Waals surface area (Å²) in [6.07, 6.45) is 1.84. The van der Waals surface area contributed by atoms with Crippen LogP contribution >= 0.6 is 11.8 Å². The standard InChI is InChI=1S/C31H25FN2O2S/c1-21(24-7-3-2-4-8-24)33-30(35)25-15-11-22(12-16-25)19-29-31(36)34(20-23-13-17-26(32)18-14-23)27-9-5-6-10-28(27)37-29/h2-19,21H,20H2,1H3,(H,33,35)/b29-19-/t21-/m0/s1.